The quantitative estimate of drug-likeness (QED) is 0.608. The molecule has 1 heterocycles. The molecule has 0 aliphatic carbocycles. The van der Waals surface area contributed by atoms with E-state index >= 15 is 0 Å². The Hall–Kier alpha value is -0.860. The van der Waals surface area contributed by atoms with Crippen LogP contribution in [0.25, 0.3) is 5.83 Å². The minimum absolute atomic E-state index is 0.0427. The molecule has 0 spiro atoms. The fraction of sp³-hybridized carbons (Fsp3) is 0.125. The van der Waals surface area contributed by atoms with Crippen LogP contribution >= 0.6 is 22.6 Å². The minimum atomic E-state index is -4.76. The molecule has 0 fully saturated rings. The molecule has 7 heteroatoms. The van der Waals surface area contributed by atoms with Crippen molar-refractivity contribution in [2.24, 2.45) is 0 Å². The van der Waals surface area contributed by atoms with Gasteiger partial charge in [0.25, 0.3) is 0 Å². The molecule has 0 saturated carbocycles. The van der Waals surface area contributed by atoms with E-state index in [1.807, 2.05) is 0 Å². The third-order valence-electron chi connectivity index (χ3n) is 1.31. The zero-order valence-electron chi connectivity index (χ0n) is 7.05. The van der Waals surface area contributed by atoms with Crippen LogP contribution in [0.3, 0.4) is 0 Å². The molecule has 0 saturated heterocycles. The molecule has 1 aromatic heterocycles. The van der Waals surface area contributed by atoms with E-state index in [9.17, 15) is 17.6 Å². The summed E-state index contributed by atoms with van der Waals surface area (Å²) in [5.41, 5.74) is -0.0427. The van der Waals surface area contributed by atoms with Crippen molar-refractivity contribution in [2.45, 2.75) is 6.36 Å². The number of nitrogens with zero attached hydrogens (tertiary/aromatic N) is 1. The fourth-order valence-corrected chi connectivity index (χ4v) is 1.09. The molecule has 0 bridgehead atoms. The maximum atomic E-state index is 12.9. The Morgan fingerprint density at radius 1 is 1.40 bits per heavy atom. The molecule has 0 aromatic carbocycles. The molecular formula is C8H4F4INO. The summed E-state index contributed by atoms with van der Waals surface area (Å²) in [5, 5.41) is 0. The zero-order chi connectivity index (χ0) is 11.5. The van der Waals surface area contributed by atoms with Crippen molar-refractivity contribution < 1.29 is 22.3 Å². The van der Waals surface area contributed by atoms with E-state index in [-0.39, 0.29) is 5.69 Å². The monoisotopic (exact) mass is 333 g/mol. The second-order valence-electron chi connectivity index (χ2n) is 2.38. The van der Waals surface area contributed by atoms with Crippen molar-refractivity contribution in [3.63, 3.8) is 0 Å². The van der Waals surface area contributed by atoms with Gasteiger partial charge >= 0.3 is 6.36 Å². The fourth-order valence-electron chi connectivity index (χ4n) is 0.771. The summed E-state index contributed by atoms with van der Waals surface area (Å²) in [5.74, 6) is -1.10. The minimum Gasteiger partial charge on any atom is -0.404 e. The highest BCUT2D eigenvalue weighted by Crippen LogP contribution is 2.23. The first-order valence-corrected chi connectivity index (χ1v) is 4.85. The number of ether oxygens (including phenoxy) is 1. The van der Waals surface area contributed by atoms with Crippen LogP contribution < -0.4 is 4.74 Å². The lowest BCUT2D eigenvalue weighted by Gasteiger charge is -2.07. The highest BCUT2D eigenvalue weighted by Gasteiger charge is 2.31. The maximum absolute atomic E-state index is 12.9. The van der Waals surface area contributed by atoms with Gasteiger partial charge in [0.15, 0.2) is 5.83 Å². The van der Waals surface area contributed by atoms with Gasteiger partial charge in [-0.05, 0) is 34.7 Å². The van der Waals surface area contributed by atoms with Crippen LogP contribution in [0, 0.1) is 0 Å². The Morgan fingerprint density at radius 3 is 2.47 bits per heavy atom. The molecule has 0 N–H and O–H groups in total. The molecule has 1 aromatic rings. The van der Waals surface area contributed by atoms with Gasteiger partial charge in [0.2, 0.25) is 0 Å². The van der Waals surface area contributed by atoms with Crippen molar-refractivity contribution in [1.82, 2.24) is 4.98 Å². The number of hydrogen-bond acceptors (Lipinski definition) is 2. The Bertz CT molecular complexity index is 360. The van der Waals surface area contributed by atoms with Crippen molar-refractivity contribution in [3.05, 3.63) is 28.1 Å². The molecule has 0 unspecified atom stereocenters. The zero-order valence-corrected chi connectivity index (χ0v) is 9.21. The second kappa shape index (κ2) is 4.77. The summed E-state index contributed by atoms with van der Waals surface area (Å²) in [6, 6.07) is 2.10. The number of rotatable bonds is 2. The van der Waals surface area contributed by atoms with Gasteiger partial charge in [0.1, 0.15) is 5.75 Å². The molecule has 2 nitrogen and oxygen atoms in total. The Kier molecular flexibility index (Phi) is 3.89. The van der Waals surface area contributed by atoms with Crippen LogP contribution in [0.5, 0.6) is 5.75 Å². The summed E-state index contributed by atoms with van der Waals surface area (Å²) in [6.07, 6.45) is -3.95. The number of pyridine rings is 1. The molecule has 0 radical (unpaired) electrons. The van der Waals surface area contributed by atoms with Gasteiger partial charge in [-0.2, -0.15) is 0 Å². The van der Waals surface area contributed by atoms with E-state index in [1.165, 1.54) is 0 Å². The average Bonchev–Trinajstić information content (AvgIpc) is 2.15. The van der Waals surface area contributed by atoms with Crippen molar-refractivity contribution in [1.29, 1.82) is 0 Å². The predicted octanol–water partition coefficient (Wildman–Crippen LogP) is 3.68. The predicted molar refractivity (Wildman–Crippen MR) is 54.0 cm³/mol. The standard InChI is InChI=1S/C8H4F4INO/c9-6(3-13)7-2-1-5(4-14-7)15-8(10,11)12/h1-4H/b6-3+. The first kappa shape index (κ1) is 12.2. The molecular weight excluding hydrogens is 329 g/mol. The molecule has 0 atom stereocenters. The van der Waals surface area contributed by atoms with E-state index in [0.29, 0.717) is 0 Å². The lowest BCUT2D eigenvalue weighted by Crippen LogP contribution is -2.17. The molecule has 82 valence electrons. The second-order valence-corrected chi connectivity index (χ2v) is 3.01. The third-order valence-corrected chi connectivity index (χ3v) is 1.86. The van der Waals surface area contributed by atoms with Gasteiger partial charge in [-0.25, -0.2) is 9.37 Å². The molecule has 0 aliphatic rings. The Labute approximate surface area is 96.1 Å². The van der Waals surface area contributed by atoms with Crippen LogP contribution in [-0.4, -0.2) is 11.3 Å². The lowest BCUT2D eigenvalue weighted by atomic mass is 10.3. The number of hydrogen-bond donors (Lipinski definition) is 0. The normalized spacial score (nSPS) is 12.7. The van der Waals surface area contributed by atoms with Crippen LogP contribution in [0.15, 0.2) is 22.4 Å². The van der Waals surface area contributed by atoms with Gasteiger partial charge in [-0.1, -0.05) is 0 Å². The van der Waals surface area contributed by atoms with Crippen molar-refractivity contribution in [3.8, 4) is 5.75 Å². The summed E-state index contributed by atoms with van der Waals surface area (Å²) < 4.78 is 52.7. The highest BCUT2D eigenvalue weighted by atomic mass is 127. The highest BCUT2D eigenvalue weighted by molar-refractivity contribution is 14.1. The molecule has 0 amide bonds. The largest absolute Gasteiger partial charge is 0.573 e. The summed E-state index contributed by atoms with van der Waals surface area (Å²) in [4.78, 5) is 3.46. The van der Waals surface area contributed by atoms with Gasteiger partial charge in [-0.3, -0.25) is 0 Å². The molecule has 0 aliphatic heterocycles. The van der Waals surface area contributed by atoms with Gasteiger partial charge < -0.3 is 4.74 Å². The van der Waals surface area contributed by atoms with E-state index in [4.69, 9.17) is 0 Å². The summed E-state index contributed by atoms with van der Waals surface area (Å²) in [7, 11) is 0. The van der Waals surface area contributed by atoms with Crippen LogP contribution in [0.2, 0.25) is 0 Å². The maximum Gasteiger partial charge on any atom is 0.573 e. The summed E-state index contributed by atoms with van der Waals surface area (Å²) >= 11 is 1.66. The first-order chi connectivity index (χ1) is 6.92. The van der Waals surface area contributed by atoms with Crippen molar-refractivity contribution in [2.75, 3.05) is 0 Å². The lowest BCUT2D eigenvalue weighted by molar-refractivity contribution is -0.274. The Balaban J connectivity index is 2.82. The summed E-state index contributed by atoms with van der Waals surface area (Å²) in [6.45, 7) is 0. The topological polar surface area (TPSA) is 22.1 Å². The van der Waals surface area contributed by atoms with Crippen LogP contribution in [0.1, 0.15) is 5.69 Å². The Morgan fingerprint density at radius 2 is 2.07 bits per heavy atom. The van der Waals surface area contributed by atoms with E-state index in [1.54, 1.807) is 22.6 Å². The van der Waals surface area contributed by atoms with E-state index in [0.717, 1.165) is 22.4 Å². The van der Waals surface area contributed by atoms with E-state index < -0.39 is 17.9 Å². The third kappa shape index (κ3) is 4.02. The molecule has 15 heavy (non-hydrogen) atoms. The van der Waals surface area contributed by atoms with Crippen LogP contribution in [0.4, 0.5) is 17.6 Å². The van der Waals surface area contributed by atoms with Crippen molar-refractivity contribution >= 4 is 28.4 Å². The van der Waals surface area contributed by atoms with E-state index in [2.05, 4.69) is 9.72 Å². The van der Waals surface area contributed by atoms with Gasteiger partial charge in [-0.15, -0.1) is 13.2 Å². The van der Waals surface area contributed by atoms with Gasteiger partial charge in [0, 0.05) is 4.08 Å². The smallest absolute Gasteiger partial charge is 0.404 e. The SMILES string of the molecule is F/C(=C/I)c1ccc(OC(F)(F)F)cn1. The number of halogens is 5. The first-order valence-electron chi connectivity index (χ1n) is 3.60. The average molecular weight is 333 g/mol. The number of alkyl halides is 3. The molecule has 1 rings (SSSR count). The van der Waals surface area contributed by atoms with Crippen LogP contribution in [-0.2, 0) is 0 Å². The number of aromatic nitrogens is 1. The van der Waals surface area contributed by atoms with Gasteiger partial charge in [0.05, 0.1) is 11.9 Å².